The molecule has 0 saturated heterocycles. The van der Waals surface area contributed by atoms with E-state index in [9.17, 15) is 9.90 Å². The number of ether oxygens (including phenoxy) is 1. The van der Waals surface area contributed by atoms with Crippen LogP contribution in [-0.4, -0.2) is 17.1 Å². The third-order valence-electron chi connectivity index (χ3n) is 3.31. The van der Waals surface area contributed by atoms with E-state index in [4.69, 9.17) is 4.74 Å². The number of Topliss-reactive ketones (excluding diaryl/α,β-unsaturated/α-hetero) is 1. The van der Waals surface area contributed by atoms with Crippen molar-refractivity contribution in [2.24, 2.45) is 10.4 Å². The van der Waals surface area contributed by atoms with Gasteiger partial charge in [-0.25, -0.2) is 0 Å². The van der Waals surface area contributed by atoms with Gasteiger partial charge in [-0.1, -0.05) is 13.0 Å². The van der Waals surface area contributed by atoms with E-state index in [0.717, 1.165) is 0 Å². The summed E-state index contributed by atoms with van der Waals surface area (Å²) in [5.41, 5.74) is 0.636. The highest BCUT2D eigenvalue weighted by molar-refractivity contribution is 6.14. The van der Waals surface area contributed by atoms with Crippen molar-refractivity contribution in [3.05, 3.63) is 48.3 Å². The summed E-state index contributed by atoms with van der Waals surface area (Å²) in [7, 11) is 0. The number of aliphatic imine (C=N–C) groups is 1. The molecule has 4 heteroatoms. The molecule has 1 atom stereocenters. The van der Waals surface area contributed by atoms with Crippen LogP contribution >= 0.6 is 0 Å². The Morgan fingerprint density at radius 2 is 2.32 bits per heavy atom. The Morgan fingerprint density at radius 1 is 1.53 bits per heavy atom. The van der Waals surface area contributed by atoms with Crippen molar-refractivity contribution in [3.63, 3.8) is 0 Å². The lowest BCUT2D eigenvalue weighted by Gasteiger charge is -2.29. The maximum absolute atomic E-state index is 12.0. The van der Waals surface area contributed by atoms with Crippen LogP contribution in [0.5, 0.6) is 0 Å². The molecular formula is C15H17NO3. The minimum absolute atomic E-state index is 0.0790. The van der Waals surface area contributed by atoms with Crippen LogP contribution < -0.4 is 0 Å². The second kappa shape index (κ2) is 5.26. The zero-order valence-corrected chi connectivity index (χ0v) is 10.9. The molecular weight excluding hydrogens is 242 g/mol. The highest BCUT2D eigenvalue weighted by Crippen LogP contribution is 2.36. The SMILES string of the molecule is C=CC1(C)CC(=O)C(C=NC2=COC=CC2)=C(O)C1. The molecule has 1 heterocycles. The summed E-state index contributed by atoms with van der Waals surface area (Å²) in [6.07, 6.45) is 9.50. The number of aliphatic hydroxyl groups excluding tert-OH is 1. The van der Waals surface area contributed by atoms with Gasteiger partial charge in [0.25, 0.3) is 0 Å². The Kier molecular flexibility index (Phi) is 3.69. The Bertz CT molecular complexity index is 526. The molecule has 0 radical (unpaired) electrons. The first-order valence-electron chi connectivity index (χ1n) is 6.16. The Hall–Kier alpha value is -2.10. The fraction of sp³-hybridized carbons (Fsp3) is 0.333. The topological polar surface area (TPSA) is 58.9 Å². The molecule has 2 aliphatic rings. The molecule has 2 rings (SSSR count). The number of aliphatic hydroxyl groups is 1. The van der Waals surface area contributed by atoms with E-state index in [-0.39, 0.29) is 22.5 Å². The van der Waals surface area contributed by atoms with Crippen molar-refractivity contribution in [3.8, 4) is 0 Å². The summed E-state index contributed by atoms with van der Waals surface area (Å²) >= 11 is 0. The van der Waals surface area contributed by atoms with Gasteiger partial charge in [0.1, 0.15) is 12.0 Å². The molecule has 4 nitrogen and oxygen atoms in total. The van der Waals surface area contributed by atoms with Crippen LogP contribution in [0.3, 0.4) is 0 Å². The van der Waals surface area contributed by atoms with Gasteiger partial charge in [0.05, 0.1) is 17.5 Å². The van der Waals surface area contributed by atoms with E-state index in [0.29, 0.717) is 25.0 Å². The highest BCUT2D eigenvalue weighted by atomic mass is 16.5. The number of hydrogen-bond donors (Lipinski definition) is 1. The van der Waals surface area contributed by atoms with Crippen molar-refractivity contribution in [2.75, 3.05) is 0 Å². The molecule has 19 heavy (non-hydrogen) atoms. The molecule has 1 aliphatic heterocycles. The number of rotatable bonds is 3. The summed E-state index contributed by atoms with van der Waals surface area (Å²) in [6.45, 7) is 5.62. The summed E-state index contributed by atoms with van der Waals surface area (Å²) < 4.78 is 4.99. The van der Waals surface area contributed by atoms with E-state index in [1.54, 1.807) is 12.3 Å². The molecule has 0 saturated carbocycles. The summed E-state index contributed by atoms with van der Waals surface area (Å²) in [4.78, 5) is 16.2. The molecule has 100 valence electrons. The first-order valence-corrected chi connectivity index (χ1v) is 6.16. The molecule has 0 aromatic rings. The molecule has 1 unspecified atom stereocenters. The van der Waals surface area contributed by atoms with E-state index < -0.39 is 0 Å². The average molecular weight is 259 g/mol. The molecule has 0 amide bonds. The fourth-order valence-electron chi connectivity index (χ4n) is 2.07. The standard InChI is InChI=1S/C15H17NO3/c1-3-15(2)7-13(17)12(14(18)8-15)9-16-11-5-4-6-19-10-11/h3-4,6,9-10,17H,1,5,7-8H2,2H3. The number of carbonyl (C=O) groups is 1. The second-order valence-electron chi connectivity index (χ2n) is 5.07. The van der Waals surface area contributed by atoms with Crippen LogP contribution in [0.4, 0.5) is 0 Å². The zero-order chi connectivity index (χ0) is 13.9. The number of hydrogen-bond acceptors (Lipinski definition) is 4. The van der Waals surface area contributed by atoms with E-state index in [1.165, 1.54) is 12.5 Å². The molecule has 0 aromatic carbocycles. The minimum Gasteiger partial charge on any atom is -0.511 e. The number of nitrogens with zero attached hydrogens (tertiary/aromatic N) is 1. The Morgan fingerprint density at radius 3 is 2.89 bits per heavy atom. The van der Waals surface area contributed by atoms with Gasteiger partial charge in [-0.2, -0.15) is 0 Å². The first kappa shape index (κ1) is 13.3. The lowest BCUT2D eigenvalue weighted by atomic mass is 9.75. The smallest absolute Gasteiger partial charge is 0.168 e. The quantitative estimate of drug-likeness (QED) is 0.625. The zero-order valence-electron chi connectivity index (χ0n) is 10.9. The number of ketones is 1. The Balaban J connectivity index is 2.17. The van der Waals surface area contributed by atoms with Crippen LogP contribution in [0, 0.1) is 5.41 Å². The number of carbonyl (C=O) groups excluding carboxylic acids is 1. The van der Waals surface area contributed by atoms with E-state index >= 15 is 0 Å². The lowest BCUT2D eigenvalue weighted by molar-refractivity contribution is -0.117. The predicted molar refractivity (Wildman–Crippen MR) is 73.6 cm³/mol. The predicted octanol–water partition coefficient (Wildman–Crippen LogP) is 3.20. The normalized spacial score (nSPS) is 27.4. The van der Waals surface area contributed by atoms with Crippen molar-refractivity contribution >= 4 is 12.0 Å². The van der Waals surface area contributed by atoms with Gasteiger partial charge in [0.2, 0.25) is 0 Å². The van der Waals surface area contributed by atoms with Gasteiger partial charge in [0.15, 0.2) is 5.78 Å². The second-order valence-corrected chi connectivity index (χ2v) is 5.07. The Labute approximate surface area is 112 Å². The van der Waals surface area contributed by atoms with Gasteiger partial charge in [-0.3, -0.25) is 9.79 Å². The van der Waals surface area contributed by atoms with Crippen LogP contribution in [0.2, 0.25) is 0 Å². The van der Waals surface area contributed by atoms with Crippen molar-refractivity contribution < 1.29 is 14.6 Å². The fourth-order valence-corrected chi connectivity index (χ4v) is 2.07. The summed E-state index contributed by atoms with van der Waals surface area (Å²) in [5.74, 6) is -0.0296. The van der Waals surface area contributed by atoms with Gasteiger partial charge in [-0.15, -0.1) is 6.58 Å². The minimum atomic E-state index is -0.367. The van der Waals surface area contributed by atoms with Crippen molar-refractivity contribution in [1.29, 1.82) is 0 Å². The molecule has 0 fully saturated rings. The monoisotopic (exact) mass is 259 g/mol. The van der Waals surface area contributed by atoms with Crippen LogP contribution in [0.15, 0.2) is 53.3 Å². The van der Waals surface area contributed by atoms with Gasteiger partial charge >= 0.3 is 0 Å². The van der Waals surface area contributed by atoms with Crippen LogP contribution in [0.25, 0.3) is 0 Å². The molecule has 0 spiro atoms. The van der Waals surface area contributed by atoms with Crippen LogP contribution in [-0.2, 0) is 9.53 Å². The van der Waals surface area contributed by atoms with E-state index in [1.807, 2.05) is 13.0 Å². The lowest BCUT2D eigenvalue weighted by Crippen LogP contribution is -2.27. The third-order valence-corrected chi connectivity index (χ3v) is 3.31. The van der Waals surface area contributed by atoms with Crippen molar-refractivity contribution in [1.82, 2.24) is 0 Å². The maximum Gasteiger partial charge on any atom is 0.168 e. The summed E-state index contributed by atoms with van der Waals surface area (Å²) in [5, 5.41) is 9.99. The third kappa shape index (κ3) is 3.02. The largest absolute Gasteiger partial charge is 0.511 e. The number of allylic oxidation sites excluding steroid dienone is 4. The van der Waals surface area contributed by atoms with Gasteiger partial charge < -0.3 is 9.84 Å². The highest BCUT2D eigenvalue weighted by Gasteiger charge is 2.33. The molecule has 0 bridgehead atoms. The summed E-state index contributed by atoms with van der Waals surface area (Å²) in [6, 6.07) is 0. The average Bonchev–Trinajstić information content (AvgIpc) is 2.39. The van der Waals surface area contributed by atoms with Crippen molar-refractivity contribution in [2.45, 2.75) is 26.2 Å². The molecule has 1 N–H and O–H groups in total. The van der Waals surface area contributed by atoms with E-state index in [2.05, 4.69) is 11.6 Å². The van der Waals surface area contributed by atoms with Crippen LogP contribution in [0.1, 0.15) is 26.2 Å². The van der Waals surface area contributed by atoms with Gasteiger partial charge in [0, 0.05) is 25.5 Å². The molecule has 0 aromatic heterocycles. The molecule has 1 aliphatic carbocycles. The first-order chi connectivity index (χ1) is 9.04. The maximum atomic E-state index is 12.0. The van der Waals surface area contributed by atoms with Gasteiger partial charge in [-0.05, 0) is 11.5 Å².